The van der Waals surface area contributed by atoms with Crippen molar-refractivity contribution in [1.29, 1.82) is 5.41 Å². The normalized spacial score (nSPS) is 17.0. The van der Waals surface area contributed by atoms with E-state index in [9.17, 15) is 14.7 Å². The Kier molecular flexibility index (Phi) is 6.52. The molecule has 0 aliphatic carbocycles. The van der Waals surface area contributed by atoms with Crippen LogP contribution in [0, 0.1) is 5.41 Å². The smallest absolute Gasteiger partial charge is 0.282 e. The van der Waals surface area contributed by atoms with Gasteiger partial charge >= 0.3 is 0 Å². The largest absolute Gasteiger partial charge is 0.481 e. The molecule has 190 valence electrons. The van der Waals surface area contributed by atoms with Crippen molar-refractivity contribution in [3.05, 3.63) is 58.9 Å². The van der Waals surface area contributed by atoms with Gasteiger partial charge in [-0.25, -0.2) is 4.98 Å². The molecule has 1 aliphatic rings. The Bertz CT molecular complexity index is 1600. The van der Waals surface area contributed by atoms with Gasteiger partial charge in [0.2, 0.25) is 5.88 Å². The second-order valence-electron chi connectivity index (χ2n) is 8.04. The van der Waals surface area contributed by atoms with E-state index < -0.39 is 23.7 Å². The molecule has 0 bridgehead atoms. The van der Waals surface area contributed by atoms with Crippen LogP contribution in [0.5, 0.6) is 5.88 Å². The summed E-state index contributed by atoms with van der Waals surface area (Å²) in [6.07, 6.45) is 1.55. The van der Waals surface area contributed by atoms with Gasteiger partial charge in [0.1, 0.15) is 23.6 Å². The summed E-state index contributed by atoms with van der Waals surface area (Å²) in [5.41, 5.74) is 6.36. The van der Waals surface area contributed by atoms with E-state index in [0.717, 1.165) is 11.5 Å². The van der Waals surface area contributed by atoms with Gasteiger partial charge in [0.05, 0.1) is 35.9 Å². The number of amides is 1. The van der Waals surface area contributed by atoms with Gasteiger partial charge in [-0.2, -0.15) is 9.36 Å². The molecule has 14 heteroatoms. The number of ether oxygens (including phenoxy) is 2. The van der Waals surface area contributed by atoms with Gasteiger partial charge in [-0.1, -0.05) is 0 Å². The molecule has 0 saturated carbocycles. The molecule has 2 atom stereocenters. The molecule has 1 aromatic carbocycles. The number of nitrogens with one attached hydrogen (secondary N) is 3. The number of nitrogen functional groups attached to an aromatic ring is 1. The first-order valence-corrected chi connectivity index (χ1v) is 11.8. The highest BCUT2D eigenvalue weighted by molar-refractivity contribution is 7.14. The quantitative estimate of drug-likeness (QED) is 0.182. The number of aromatic nitrogens is 4. The van der Waals surface area contributed by atoms with E-state index in [1.165, 1.54) is 24.3 Å². The Balaban J connectivity index is 1.33. The lowest BCUT2D eigenvalue weighted by Gasteiger charge is -2.33. The molecule has 4 aromatic rings. The summed E-state index contributed by atoms with van der Waals surface area (Å²) in [5.74, 6) is -0.116. The third kappa shape index (κ3) is 4.60. The molecule has 1 amide bonds. The van der Waals surface area contributed by atoms with Crippen molar-refractivity contribution in [2.45, 2.75) is 12.2 Å². The van der Waals surface area contributed by atoms with E-state index in [4.69, 9.17) is 20.6 Å². The van der Waals surface area contributed by atoms with Crippen molar-refractivity contribution in [3.63, 3.8) is 0 Å². The molecular weight excluding hydrogens is 500 g/mol. The number of carbonyl (C=O) groups excluding carboxylic acids is 1. The van der Waals surface area contributed by atoms with Gasteiger partial charge in [-0.15, -0.1) is 0 Å². The maximum atomic E-state index is 13.1. The topological polar surface area (TPSA) is 192 Å². The van der Waals surface area contributed by atoms with Gasteiger partial charge in [-0.3, -0.25) is 19.9 Å². The van der Waals surface area contributed by atoms with Crippen LogP contribution in [-0.4, -0.2) is 67.4 Å². The maximum Gasteiger partial charge on any atom is 0.282 e. The number of hydrogen-bond acceptors (Lipinski definition) is 12. The zero-order valence-electron chi connectivity index (χ0n) is 19.5. The Hall–Kier alpha value is -4.40. The highest BCUT2D eigenvalue weighted by Gasteiger charge is 2.38. The minimum atomic E-state index is -1.56. The van der Waals surface area contributed by atoms with Crippen molar-refractivity contribution in [3.8, 4) is 5.88 Å². The molecule has 1 aliphatic heterocycles. The number of nitrogens with two attached hydrogens (primary N) is 1. The number of pyridine rings is 1. The van der Waals surface area contributed by atoms with Crippen LogP contribution in [0.25, 0.3) is 21.0 Å². The Morgan fingerprint density at radius 2 is 2.27 bits per heavy atom. The van der Waals surface area contributed by atoms with E-state index >= 15 is 0 Å². The fourth-order valence-electron chi connectivity index (χ4n) is 3.94. The zero-order chi connectivity index (χ0) is 26.1. The number of H-pyrrole nitrogens is 1. The zero-order valence-corrected chi connectivity index (χ0v) is 20.3. The number of morpholine rings is 1. The van der Waals surface area contributed by atoms with E-state index in [0.29, 0.717) is 38.4 Å². The number of hydrogen-bond donors (Lipinski definition) is 5. The molecule has 1 fully saturated rings. The minimum absolute atomic E-state index is 0.0806. The van der Waals surface area contributed by atoms with Gasteiger partial charge in [0.15, 0.2) is 6.10 Å². The van der Waals surface area contributed by atoms with Crippen LogP contribution < -0.4 is 21.3 Å². The predicted octanol–water partition coefficient (Wildman–Crippen LogP) is 1.38. The van der Waals surface area contributed by atoms with Crippen molar-refractivity contribution < 1.29 is 19.4 Å². The van der Waals surface area contributed by atoms with Gasteiger partial charge in [0, 0.05) is 29.5 Å². The number of benzene rings is 1. The molecule has 1 saturated heterocycles. The number of rotatable bonds is 6. The van der Waals surface area contributed by atoms with Crippen molar-refractivity contribution in [2.24, 2.45) is 0 Å². The Labute approximate surface area is 213 Å². The SMILES string of the molecule is COc1cc(N/C=C\C(=N)N2CCOC(C(O)c3nc(=O)c4c(ccc5c(N)nsc54)[nH]3)C2=O)ccn1. The summed E-state index contributed by atoms with van der Waals surface area (Å²) in [6.45, 7) is 0.206. The summed E-state index contributed by atoms with van der Waals surface area (Å²) >= 11 is 1.08. The molecule has 4 heterocycles. The molecular formula is C23H22N8O5S. The summed E-state index contributed by atoms with van der Waals surface area (Å²) in [4.78, 5) is 38.0. The second-order valence-corrected chi connectivity index (χ2v) is 8.81. The summed E-state index contributed by atoms with van der Waals surface area (Å²) in [6, 6.07) is 6.75. The maximum absolute atomic E-state index is 13.1. The number of aromatic amines is 1. The number of methoxy groups -OCH3 is 1. The van der Waals surface area contributed by atoms with E-state index in [1.54, 1.807) is 30.5 Å². The molecule has 0 radical (unpaired) electrons. The van der Waals surface area contributed by atoms with E-state index in [1.807, 2.05) is 0 Å². The van der Waals surface area contributed by atoms with Crippen LogP contribution in [0.2, 0.25) is 0 Å². The highest BCUT2D eigenvalue weighted by Crippen LogP contribution is 2.30. The molecule has 37 heavy (non-hydrogen) atoms. The first-order valence-electron chi connectivity index (χ1n) is 11.1. The molecule has 6 N–H and O–H groups in total. The van der Waals surface area contributed by atoms with Gasteiger partial charge in [0.25, 0.3) is 11.5 Å². The Morgan fingerprint density at radius 3 is 3.08 bits per heavy atom. The number of anilines is 2. The lowest BCUT2D eigenvalue weighted by atomic mass is 10.1. The van der Waals surface area contributed by atoms with Crippen LogP contribution in [-0.2, 0) is 9.53 Å². The number of carbonyl (C=O) groups is 1. The molecule has 2 unspecified atom stereocenters. The number of nitrogens with zero attached hydrogens (tertiary/aromatic N) is 4. The lowest BCUT2D eigenvalue weighted by molar-refractivity contribution is -0.157. The minimum Gasteiger partial charge on any atom is -0.481 e. The third-order valence-corrected chi connectivity index (χ3v) is 6.68. The van der Waals surface area contributed by atoms with Gasteiger partial charge in [-0.05, 0) is 35.8 Å². The summed E-state index contributed by atoms with van der Waals surface area (Å²) < 4.78 is 15.3. The third-order valence-electron chi connectivity index (χ3n) is 5.78. The van der Waals surface area contributed by atoms with Crippen LogP contribution in [0.3, 0.4) is 0 Å². The first kappa shape index (κ1) is 24.3. The average molecular weight is 523 g/mol. The van der Waals surface area contributed by atoms with E-state index in [-0.39, 0.29) is 24.8 Å². The number of fused-ring (bicyclic) bond motifs is 3. The number of aliphatic hydroxyl groups excluding tert-OH is 1. The van der Waals surface area contributed by atoms with Crippen molar-refractivity contribution in [2.75, 3.05) is 31.3 Å². The lowest BCUT2D eigenvalue weighted by Crippen LogP contribution is -2.52. The standard InChI is InChI=1S/C23H22N8O5S/c1-35-15-10-11(4-6-27-15)26-7-5-14(24)31-8-9-36-18(23(31)34)17(32)21-28-13-3-2-12-19(37-30-20(12)25)16(13)22(33)29-21/h2-7,10,17-18,24,32H,8-9H2,1H3,(H2,25,30)(H,26,27)(H,28,29,33)/b7-5-,24-14?. The van der Waals surface area contributed by atoms with Gasteiger partial charge < -0.3 is 30.6 Å². The average Bonchev–Trinajstić information content (AvgIpc) is 3.28. The molecule has 13 nitrogen and oxygen atoms in total. The number of amidine groups is 1. The fourth-order valence-corrected chi connectivity index (χ4v) is 4.79. The summed E-state index contributed by atoms with van der Waals surface area (Å²) in [7, 11) is 1.51. The highest BCUT2D eigenvalue weighted by atomic mass is 32.1. The fraction of sp³-hybridized carbons (Fsp3) is 0.217. The predicted molar refractivity (Wildman–Crippen MR) is 138 cm³/mol. The number of aliphatic hydroxyl groups is 1. The van der Waals surface area contributed by atoms with Crippen LogP contribution in [0.15, 0.2) is 47.5 Å². The second kappa shape index (κ2) is 9.93. The Morgan fingerprint density at radius 1 is 1.43 bits per heavy atom. The monoisotopic (exact) mass is 522 g/mol. The first-order chi connectivity index (χ1) is 17.9. The van der Waals surface area contributed by atoms with Crippen LogP contribution in [0.1, 0.15) is 11.9 Å². The summed E-state index contributed by atoms with van der Waals surface area (Å²) in [5, 5.41) is 23.2. The van der Waals surface area contributed by atoms with E-state index in [2.05, 4.69) is 24.6 Å². The molecule has 0 spiro atoms. The molecule has 3 aromatic heterocycles. The van der Waals surface area contributed by atoms with Crippen LogP contribution in [0.4, 0.5) is 11.5 Å². The van der Waals surface area contributed by atoms with Crippen LogP contribution >= 0.6 is 11.5 Å². The van der Waals surface area contributed by atoms with Crippen molar-refractivity contribution >= 4 is 55.8 Å². The molecule has 5 rings (SSSR count). The van der Waals surface area contributed by atoms with Crippen molar-refractivity contribution in [1.82, 2.24) is 24.2 Å².